The number of halogens is 1. The molecule has 2 atom stereocenters. The largest absolute Gasteiger partial charge is 0.463 e. The molecule has 2 aromatic carbocycles. The first-order valence-corrected chi connectivity index (χ1v) is 9.14. The summed E-state index contributed by atoms with van der Waals surface area (Å²) in [5.74, 6) is -0.459. The number of amides is 1. The van der Waals surface area contributed by atoms with E-state index < -0.39 is 0 Å². The Morgan fingerprint density at radius 1 is 1.27 bits per heavy atom. The molecule has 2 unspecified atom stereocenters. The Bertz CT molecular complexity index is 983. The second kappa shape index (κ2) is 6.61. The van der Waals surface area contributed by atoms with Gasteiger partial charge in [-0.2, -0.15) is 0 Å². The van der Waals surface area contributed by atoms with E-state index in [0.29, 0.717) is 17.6 Å². The number of carbonyl (C=O) groups is 1. The van der Waals surface area contributed by atoms with Crippen molar-refractivity contribution in [3.05, 3.63) is 71.7 Å². The summed E-state index contributed by atoms with van der Waals surface area (Å²) in [7, 11) is 0. The highest BCUT2D eigenvalue weighted by Crippen LogP contribution is 2.36. The number of fused-ring (bicyclic) bond motifs is 1. The van der Waals surface area contributed by atoms with Gasteiger partial charge in [0.25, 0.3) is 5.91 Å². The number of nitrogens with zero attached hydrogens (tertiary/aromatic N) is 1. The topological polar surface area (TPSA) is 54.6 Å². The minimum Gasteiger partial charge on any atom is -0.463 e. The van der Waals surface area contributed by atoms with Gasteiger partial charge in [-0.1, -0.05) is 30.3 Å². The van der Waals surface area contributed by atoms with Crippen molar-refractivity contribution >= 4 is 34.9 Å². The van der Waals surface area contributed by atoms with Crippen LogP contribution in [0.3, 0.4) is 0 Å². The van der Waals surface area contributed by atoms with Crippen LogP contribution in [0.1, 0.15) is 22.8 Å². The molecule has 0 spiro atoms. The lowest BCUT2D eigenvalue weighted by molar-refractivity contribution is 0.0952. The first-order chi connectivity index (χ1) is 12.5. The molecule has 132 valence electrons. The van der Waals surface area contributed by atoms with Crippen LogP contribution in [0.2, 0.25) is 0 Å². The molecule has 1 aromatic heterocycles. The van der Waals surface area contributed by atoms with Crippen LogP contribution < -0.4 is 5.32 Å². The number of aliphatic imine (C=N–C) groups is 1. The van der Waals surface area contributed by atoms with Gasteiger partial charge in [0.15, 0.2) is 5.50 Å². The highest BCUT2D eigenvalue weighted by atomic mass is 32.2. The van der Waals surface area contributed by atoms with Crippen LogP contribution in [-0.2, 0) is 6.42 Å². The minimum absolute atomic E-state index is 0.212. The normalized spacial score (nSPS) is 22.0. The van der Waals surface area contributed by atoms with Gasteiger partial charge in [0, 0.05) is 11.6 Å². The smallest absolute Gasteiger partial charge is 0.257 e. The van der Waals surface area contributed by atoms with E-state index in [4.69, 9.17) is 4.42 Å². The highest BCUT2D eigenvalue weighted by Gasteiger charge is 2.33. The number of rotatable bonds is 4. The van der Waals surface area contributed by atoms with E-state index in [1.54, 1.807) is 23.9 Å². The maximum Gasteiger partial charge on any atom is 0.257 e. The van der Waals surface area contributed by atoms with Gasteiger partial charge in [-0.3, -0.25) is 9.79 Å². The van der Waals surface area contributed by atoms with Crippen LogP contribution >= 0.6 is 11.8 Å². The number of thioether (sulfide) groups is 1. The second-order valence-electron chi connectivity index (χ2n) is 6.48. The second-order valence-corrected chi connectivity index (χ2v) is 8.10. The van der Waals surface area contributed by atoms with E-state index in [0.717, 1.165) is 10.9 Å². The van der Waals surface area contributed by atoms with Crippen LogP contribution in [-0.4, -0.2) is 22.4 Å². The molecule has 0 fully saturated rings. The van der Waals surface area contributed by atoms with E-state index in [1.165, 1.54) is 18.4 Å². The molecule has 0 bridgehead atoms. The van der Waals surface area contributed by atoms with Crippen molar-refractivity contribution < 1.29 is 13.6 Å². The summed E-state index contributed by atoms with van der Waals surface area (Å²) in [6.45, 7) is 2.06. The predicted octanol–water partition coefficient (Wildman–Crippen LogP) is 4.40. The highest BCUT2D eigenvalue weighted by molar-refractivity contribution is 8.02. The Hall–Kier alpha value is -2.60. The van der Waals surface area contributed by atoms with Crippen LogP contribution in [0, 0.1) is 5.82 Å². The fourth-order valence-electron chi connectivity index (χ4n) is 3.05. The van der Waals surface area contributed by atoms with E-state index >= 15 is 0 Å². The molecule has 26 heavy (non-hydrogen) atoms. The van der Waals surface area contributed by atoms with Crippen molar-refractivity contribution in [1.82, 2.24) is 5.32 Å². The fourth-order valence-corrected chi connectivity index (χ4v) is 4.22. The lowest BCUT2D eigenvalue weighted by Gasteiger charge is -2.21. The number of benzene rings is 2. The molecule has 1 aliphatic heterocycles. The summed E-state index contributed by atoms with van der Waals surface area (Å²) in [6.07, 6.45) is 4.04. The third-order valence-corrected chi connectivity index (χ3v) is 5.56. The van der Waals surface area contributed by atoms with Crippen molar-refractivity contribution in [3.63, 3.8) is 0 Å². The molecule has 1 amide bonds. The maximum absolute atomic E-state index is 13.1. The monoisotopic (exact) mass is 368 g/mol. The number of furan rings is 1. The zero-order chi connectivity index (χ0) is 18.1. The van der Waals surface area contributed by atoms with Crippen molar-refractivity contribution in [1.29, 1.82) is 0 Å². The molecule has 1 N–H and O–H groups in total. The van der Waals surface area contributed by atoms with E-state index in [-0.39, 0.29) is 22.0 Å². The van der Waals surface area contributed by atoms with E-state index in [9.17, 15) is 9.18 Å². The van der Waals surface area contributed by atoms with Crippen molar-refractivity contribution in [2.24, 2.45) is 4.99 Å². The number of nitrogens with one attached hydrogen (secondary N) is 1. The lowest BCUT2D eigenvalue weighted by atomic mass is 10.0. The number of hydrogen-bond acceptors (Lipinski definition) is 4. The zero-order valence-corrected chi connectivity index (χ0v) is 14.9. The Morgan fingerprint density at radius 3 is 2.85 bits per heavy atom. The van der Waals surface area contributed by atoms with Crippen LogP contribution in [0.5, 0.6) is 0 Å². The molecule has 0 aliphatic carbocycles. The molecule has 4 rings (SSSR count). The Balaban J connectivity index is 1.43. The number of carbonyl (C=O) groups excluding carboxylic acids is 1. The molecule has 6 heteroatoms. The zero-order valence-electron chi connectivity index (χ0n) is 14.1. The van der Waals surface area contributed by atoms with Gasteiger partial charge in [0.2, 0.25) is 0 Å². The van der Waals surface area contributed by atoms with Gasteiger partial charge in [-0.15, -0.1) is 11.8 Å². The van der Waals surface area contributed by atoms with E-state index in [1.807, 2.05) is 30.5 Å². The standard InChI is InChI=1S/C20H17FN2O2S/c1-20(10-13-6-8-14(21)9-7-13)12-22-19(26-20)23-18(24)16-11-25-17-5-3-2-4-15(16)17/h2-9,11-12,19H,10H2,1H3,(H,23,24). The summed E-state index contributed by atoms with van der Waals surface area (Å²) >= 11 is 1.56. The van der Waals surface area contributed by atoms with Crippen LogP contribution in [0.15, 0.2) is 64.2 Å². The summed E-state index contributed by atoms with van der Waals surface area (Å²) in [4.78, 5) is 17.0. The van der Waals surface area contributed by atoms with Crippen molar-refractivity contribution in [2.75, 3.05) is 0 Å². The van der Waals surface area contributed by atoms with Crippen LogP contribution in [0.4, 0.5) is 4.39 Å². The minimum atomic E-state index is -0.360. The first-order valence-electron chi connectivity index (χ1n) is 8.26. The molecule has 2 heterocycles. The lowest BCUT2D eigenvalue weighted by Crippen LogP contribution is -2.32. The number of hydrogen-bond donors (Lipinski definition) is 1. The summed E-state index contributed by atoms with van der Waals surface area (Å²) in [5, 5.41) is 3.71. The number of para-hydroxylation sites is 1. The van der Waals surface area contributed by atoms with Gasteiger partial charge in [0.1, 0.15) is 17.7 Å². The summed E-state index contributed by atoms with van der Waals surface area (Å²) in [5.41, 5.74) is 1.85. The van der Waals surface area contributed by atoms with Gasteiger partial charge >= 0.3 is 0 Å². The molecule has 0 saturated carbocycles. The molecule has 0 saturated heterocycles. The Labute approximate surface area is 154 Å². The third kappa shape index (κ3) is 3.37. The summed E-state index contributed by atoms with van der Waals surface area (Å²) < 4.78 is 18.2. The Morgan fingerprint density at radius 2 is 2.04 bits per heavy atom. The van der Waals surface area contributed by atoms with Crippen LogP contribution in [0.25, 0.3) is 11.0 Å². The van der Waals surface area contributed by atoms with Gasteiger partial charge < -0.3 is 9.73 Å². The molecule has 3 aromatic rings. The first kappa shape index (κ1) is 16.8. The summed E-state index contributed by atoms with van der Waals surface area (Å²) in [6, 6.07) is 13.9. The predicted molar refractivity (Wildman–Crippen MR) is 102 cm³/mol. The van der Waals surface area contributed by atoms with Gasteiger partial charge in [-0.25, -0.2) is 4.39 Å². The van der Waals surface area contributed by atoms with Crippen molar-refractivity contribution in [2.45, 2.75) is 23.6 Å². The Kier molecular flexibility index (Phi) is 4.28. The third-order valence-electron chi connectivity index (χ3n) is 4.31. The molecule has 1 aliphatic rings. The quantitative estimate of drug-likeness (QED) is 0.742. The molecular formula is C20H17FN2O2S. The van der Waals surface area contributed by atoms with E-state index in [2.05, 4.69) is 17.2 Å². The molecule has 0 radical (unpaired) electrons. The molecule has 4 nitrogen and oxygen atoms in total. The van der Waals surface area contributed by atoms with Crippen molar-refractivity contribution in [3.8, 4) is 0 Å². The van der Waals surface area contributed by atoms with Gasteiger partial charge in [-0.05, 0) is 37.1 Å². The van der Waals surface area contributed by atoms with Gasteiger partial charge in [0.05, 0.1) is 10.3 Å². The average Bonchev–Trinajstić information content (AvgIpc) is 3.21. The fraction of sp³-hybridized carbons (Fsp3) is 0.200. The average molecular weight is 368 g/mol. The SMILES string of the molecule is CC1(Cc2ccc(F)cc2)C=NC(NC(=O)c2coc3ccccc23)S1. The molecular weight excluding hydrogens is 351 g/mol. The maximum atomic E-state index is 13.1.